The number of aliphatic hydroxyl groups is 7. The van der Waals surface area contributed by atoms with Crippen LogP contribution in [0.25, 0.3) is 0 Å². The van der Waals surface area contributed by atoms with Crippen molar-refractivity contribution < 1.29 is 50.0 Å². The van der Waals surface area contributed by atoms with Crippen LogP contribution in [0, 0.1) is 0 Å². The number of allylic oxidation sites excluding steroid dienone is 2. The molecule has 1 fully saturated rings. The average Bonchev–Trinajstić information content (AvgIpc) is 3.08. The lowest BCUT2D eigenvalue weighted by Crippen LogP contribution is -2.60. The number of unbranched alkanes of at least 4 members (excludes halogenated alkanes) is 16. The molecule has 1 heterocycles. The zero-order chi connectivity index (χ0) is 35.6. The van der Waals surface area contributed by atoms with Crippen LogP contribution in [0.2, 0.25) is 0 Å². The predicted molar refractivity (Wildman–Crippen MR) is 187 cm³/mol. The van der Waals surface area contributed by atoms with E-state index in [4.69, 9.17) is 9.47 Å². The van der Waals surface area contributed by atoms with E-state index in [-0.39, 0.29) is 12.8 Å². The molecule has 0 aromatic heterocycles. The van der Waals surface area contributed by atoms with Crippen LogP contribution in [0.4, 0.5) is 0 Å². The van der Waals surface area contributed by atoms with Crippen molar-refractivity contribution in [2.75, 3.05) is 13.2 Å². The third-order valence-corrected chi connectivity index (χ3v) is 9.32. The van der Waals surface area contributed by atoms with E-state index in [1.165, 1.54) is 70.6 Å². The van der Waals surface area contributed by atoms with Crippen molar-refractivity contribution >= 4 is 5.91 Å². The molecule has 9 unspecified atom stereocenters. The van der Waals surface area contributed by atoms with Crippen LogP contribution in [0.3, 0.4) is 0 Å². The second-order valence-electron chi connectivity index (χ2n) is 13.6. The van der Waals surface area contributed by atoms with E-state index in [0.717, 1.165) is 38.5 Å². The maximum Gasteiger partial charge on any atom is 0.249 e. The van der Waals surface area contributed by atoms with E-state index < -0.39 is 74.2 Å². The van der Waals surface area contributed by atoms with Gasteiger partial charge in [-0.15, -0.1) is 0 Å². The molecule has 1 amide bonds. The molecular weight excluding hydrogens is 618 g/mol. The number of carbonyl (C=O) groups is 1. The van der Waals surface area contributed by atoms with Gasteiger partial charge in [-0.1, -0.05) is 122 Å². The first-order valence-corrected chi connectivity index (χ1v) is 19.1. The maximum absolute atomic E-state index is 12.9. The molecule has 0 saturated carbocycles. The fraction of sp³-hybridized carbons (Fsp3) is 0.919. The van der Waals surface area contributed by atoms with Crippen LogP contribution < -0.4 is 5.32 Å². The van der Waals surface area contributed by atoms with Crippen molar-refractivity contribution in [2.45, 2.75) is 204 Å². The molecule has 11 nitrogen and oxygen atoms in total. The molecule has 284 valence electrons. The van der Waals surface area contributed by atoms with E-state index in [1.807, 2.05) is 0 Å². The van der Waals surface area contributed by atoms with E-state index >= 15 is 0 Å². The lowest BCUT2D eigenvalue weighted by atomic mass is 9.98. The van der Waals surface area contributed by atoms with E-state index in [0.29, 0.717) is 12.8 Å². The average molecular weight is 690 g/mol. The van der Waals surface area contributed by atoms with Crippen LogP contribution in [-0.4, -0.2) is 110 Å². The Morgan fingerprint density at radius 3 is 1.79 bits per heavy atom. The standard InChI is InChI=1S/C37H71NO10/c1-3-5-7-9-11-13-14-15-16-17-19-20-22-24-29(40)32(42)28(27-47-37-35(45)34(44)33(43)31(26-39)48-37)38-36(46)30(41)25-23-21-18-12-10-8-6-4-2/h17,19,28-35,37,39-45H,3-16,18,20-27H2,1-2H3,(H,38,46)/b19-17+. The summed E-state index contributed by atoms with van der Waals surface area (Å²) in [5, 5.41) is 75.0. The molecule has 9 atom stereocenters. The number of hydrogen-bond acceptors (Lipinski definition) is 10. The molecule has 0 bridgehead atoms. The molecular formula is C37H71NO10. The molecule has 1 saturated heterocycles. The maximum atomic E-state index is 12.9. The highest BCUT2D eigenvalue weighted by Gasteiger charge is 2.44. The number of hydrogen-bond donors (Lipinski definition) is 8. The number of ether oxygens (including phenoxy) is 2. The van der Waals surface area contributed by atoms with E-state index in [2.05, 4.69) is 31.3 Å². The highest BCUT2D eigenvalue weighted by Crippen LogP contribution is 2.23. The van der Waals surface area contributed by atoms with Crippen LogP contribution >= 0.6 is 0 Å². The van der Waals surface area contributed by atoms with Gasteiger partial charge in [-0.2, -0.15) is 0 Å². The number of amides is 1. The Kier molecular flexibility index (Phi) is 26.7. The summed E-state index contributed by atoms with van der Waals surface area (Å²) in [6.07, 6.45) is 14.4. The molecule has 0 spiro atoms. The van der Waals surface area contributed by atoms with Gasteiger partial charge in [0.05, 0.1) is 25.4 Å². The highest BCUT2D eigenvalue weighted by atomic mass is 16.7. The number of carbonyl (C=O) groups excluding carboxylic acids is 1. The van der Waals surface area contributed by atoms with Gasteiger partial charge in [-0.3, -0.25) is 4.79 Å². The molecule has 1 aliphatic rings. The normalized spacial score (nSPS) is 24.1. The van der Waals surface area contributed by atoms with E-state index in [1.54, 1.807) is 0 Å². The molecule has 8 N–H and O–H groups in total. The molecule has 11 heteroatoms. The summed E-state index contributed by atoms with van der Waals surface area (Å²) in [4.78, 5) is 12.9. The first kappa shape index (κ1) is 44.9. The smallest absolute Gasteiger partial charge is 0.249 e. The zero-order valence-electron chi connectivity index (χ0n) is 30.0. The SMILES string of the molecule is CCCCCCCCCC/C=C/CCCC(O)C(O)C(COC1OC(CO)C(O)C(O)C1O)NC(=O)C(O)CCCCCCCCCC. The van der Waals surface area contributed by atoms with Gasteiger partial charge in [0.25, 0.3) is 0 Å². The molecule has 48 heavy (non-hydrogen) atoms. The van der Waals surface area contributed by atoms with Gasteiger partial charge >= 0.3 is 0 Å². The second-order valence-corrected chi connectivity index (χ2v) is 13.6. The molecule has 0 aromatic carbocycles. The van der Waals surface area contributed by atoms with Crippen molar-refractivity contribution in [3.8, 4) is 0 Å². The summed E-state index contributed by atoms with van der Waals surface area (Å²) in [5.41, 5.74) is 0. The highest BCUT2D eigenvalue weighted by molar-refractivity contribution is 5.80. The fourth-order valence-corrected chi connectivity index (χ4v) is 6.03. The fourth-order valence-electron chi connectivity index (χ4n) is 6.03. The lowest BCUT2D eigenvalue weighted by molar-refractivity contribution is -0.303. The largest absolute Gasteiger partial charge is 0.394 e. The van der Waals surface area contributed by atoms with Gasteiger partial charge in [-0.25, -0.2) is 0 Å². The third kappa shape index (κ3) is 19.3. The summed E-state index contributed by atoms with van der Waals surface area (Å²) >= 11 is 0. The molecule has 1 aliphatic heterocycles. The van der Waals surface area contributed by atoms with Crippen molar-refractivity contribution in [3.05, 3.63) is 12.2 Å². The Balaban J connectivity index is 2.60. The summed E-state index contributed by atoms with van der Waals surface area (Å²) in [6.45, 7) is 3.33. The minimum absolute atomic E-state index is 0.255. The minimum atomic E-state index is -1.66. The zero-order valence-corrected chi connectivity index (χ0v) is 30.0. The quantitative estimate of drug-likeness (QED) is 0.0402. The Morgan fingerprint density at radius 2 is 1.23 bits per heavy atom. The second kappa shape index (κ2) is 28.5. The summed E-state index contributed by atoms with van der Waals surface area (Å²) < 4.78 is 11.0. The first-order valence-electron chi connectivity index (χ1n) is 19.1. The van der Waals surface area contributed by atoms with Crippen LogP contribution in [0.5, 0.6) is 0 Å². The van der Waals surface area contributed by atoms with Crippen molar-refractivity contribution in [3.63, 3.8) is 0 Å². The lowest BCUT2D eigenvalue weighted by Gasteiger charge is -2.40. The Bertz CT molecular complexity index is 800. The van der Waals surface area contributed by atoms with Crippen molar-refractivity contribution in [1.82, 2.24) is 5.32 Å². The van der Waals surface area contributed by atoms with Crippen LogP contribution in [0.15, 0.2) is 12.2 Å². The van der Waals surface area contributed by atoms with Gasteiger partial charge in [0.1, 0.15) is 36.6 Å². The van der Waals surface area contributed by atoms with Crippen molar-refractivity contribution in [2.24, 2.45) is 0 Å². The molecule has 0 aliphatic carbocycles. The third-order valence-electron chi connectivity index (χ3n) is 9.32. The summed E-state index contributed by atoms with van der Waals surface area (Å²) in [5.74, 6) is -0.713. The topological polar surface area (TPSA) is 189 Å². The number of aliphatic hydroxyl groups excluding tert-OH is 7. The number of nitrogens with one attached hydrogen (secondary N) is 1. The van der Waals surface area contributed by atoms with Gasteiger partial charge in [-0.05, 0) is 38.5 Å². The summed E-state index contributed by atoms with van der Waals surface area (Å²) in [7, 11) is 0. The van der Waals surface area contributed by atoms with Crippen molar-refractivity contribution in [1.29, 1.82) is 0 Å². The Hall–Kier alpha value is -1.15. The van der Waals surface area contributed by atoms with Crippen LogP contribution in [0.1, 0.15) is 149 Å². The molecule has 1 rings (SSSR count). The summed E-state index contributed by atoms with van der Waals surface area (Å²) in [6, 6.07) is -1.18. The molecule has 0 aromatic rings. The van der Waals surface area contributed by atoms with Crippen LogP contribution in [-0.2, 0) is 14.3 Å². The van der Waals surface area contributed by atoms with Gasteiger partial charge in [0.2, 0.25) is 5.91 Å². The van der Waals surface area contributed by atoms with Gasteiger partial charge in [0.15, 0.2) is 6.29 Å². The predicted octanol–water partition coefficient (Wildman–Crippen LogP) is 4.16. The Labute approximate surface area is 290 Å². The molecule has 0 radical (unpaired) electrons. The Morgan fingerprint density at radius 1 is 0.708 bits per heavy atom. The number of rotatable bonds is 30. The first-order chi connectivity index (χ1) is 23.2. The minimum Gasteiger partial charge on any atom is -0.394 e. The monoisotopic (exact) mass is 690 g/mol. The van der Waals surface area contributed by atoms with Gasteiger partial charge < -0.3 is 50.5 Å². The van der Waals surface area contributed by atoms with E-state index in [9.17, 15) is 40.5 Å². The van der Waals surface area contributed by atoms with Gasteiger partial charge in [0, 0.05) is 0 Å².